The zero-order chi connectivity index (χ0) is 15.1. The molecule has 2 rings (SSSR count). The minimum atomic E-state index is -4.54. The van der Waals surface area contributed by atoms with Gasteiger partial charge in [0, 0.05) is 10.4 Å². The van der Waals surface area contributed by atoms with Gasteiger partial charge in [0.05, 0.1) is 11.6 Å². The number of ether oxygens (including phenoxy) is 1. The summed E-state index contributed by atoms with van der Waals surface area (Å²) in [6.07, 6.45) is -5.27. The summed E-state index contributed by atoms with van der Waals surface area (Å²) in [5, 5.41) is 2.45. The fourth-order valence-corrected chi connectivity index (χ4v) is 2.39. The van der Waals surface area contributed by atoms with Crippen molar-refractivity contribution in [3.05, 3.63) is 34.3 Å². The second-order valence-corrected chi connectivity index (χ2v) is 5.81. The molecular formula is C13H13ClF3NO2. The van der Waals surface area contributed by atoms with Crippen LogP contribution in [-0.4, -0.2) is 12.7 Å². The predicted molar refractivity (Wildman–Crippen MR) is 67.5 cm³/mol. The fourth-order valence-electron chi connectivity index (χ4n) is 2.21. The molecule has 0 spiro atoms. The van der Waals surface area contributed by atoms with Crippen LogP contribution in [0.25, 0.3) is 0 Å². The molecule has 1 aliphatic heterocycles. The van der Waals surface area contributed by atoms with Crippen molar-refractivity contribution in [2.24, 2.45) is 5.41 Å². The molecular weight excluding hydrogens is 295 g/mol. The van der Waals surface area contributed by atoms with Gasteiger partial charge in [0.2, 0.25) is 0 Å². The van der Waals surface area contributed by atoms with Gasteiger partial charge in [0.25, 0.3) is 0 Å². The van der Waals surface area contributed by atoms with Crippen molar-refractivity contribution in [2.75, 3.05) is 6.61 Å². The van der Waals surface area contributed by atoms with Crippen LogP contribution in [0, 0.1) is 5.41 Å². The zero-order valence-corrected chi connectivity index (χ0v) is 11.6. The van der Waals surface area contributed by atoms with Gasteiger partial charge in [0.1, 0.15) is 6.61 Å². The van der Waals surface area contributed by atoms with Gasteiger partial charge in [-0.3, -0.25) is 0 Å². The first-order valence-electron chi connectivity index (χ1n) is 5.91. The van der Waals surface area contributed by atoms with Crippen LogP contribution >= 0.6 is 11.6 Å². The number of benzene rings is 1. The van der Waals surface area contributed by atoms with Crippen LogP contribution in [-0.2, 0) is 10.9 Å². The molecule has 20 heavy (non-hydrogen) atoms. The van der Waals surface area contributed by atoms with Crippen molar-refractivity contribution >= 4 is 17.7 Å². The van der Waals surface area contributed by atoms with E-state index in [9.17, 15) is 18.0 Å². The van der Waals surface area contributed by atoms with Gasteiger partial charge in [-0.25, -0.2) is 4.79 Å². The molecule has 110 valence electrons. The minimum absolute atomic E-state index is 0.00253. The first kappa shape index (κ1) is 15.0. The lowest BCUT2D eigenvalue weighted by Crippen LogP contribution is -2.47. The third kappa shape index (κ3) is 2.85. The Morgan fingerprint density at radius 1 is 1.40 bits per heavy atom. The van der Waals surface area contributed by atoms with Gasteiger partial charge < -0.3 is 10.1 Å². The maximum absolute atomic E-state index is 13.1. The summed E-state index contributed by atoms with van der Waals surface area (Å²) in [4.78, 5) is 11.3. The van der Waals surface area contributed by atoms with Crippen molar-refractivity contribution in [3.8, 4) is 0 Å². The summed E-state index contributed by atoms with van der Waals surface area (Å²) in [6.45, 7) is 3.50. The van der Waals surface area contributed by atoms with Gasteiger partial charge in [-0.1, -0.05) is 31.5 Å². The Labute approximate surface area is 119 Å². The number of carbonyl (C=O) groups is 1. The van der Waals surface area contributed by atoms with Crippen LogP contribution in [0.1, 0.15) is 31.0 Å². The SMILES string of the molecule is CC1(C)COC(=O)N[C@H]1c1ccc(Cl)cc1C(F)(F)F. The van der Waals surface area contributed by atoms with Crippen molar-refractivity contribution in [1.82, 2.24) is 5.32 Å². The predicted octanol–water partition coefficient (Wildman–Crippen LogP) is 4.17. The van der Waals surface area contributed by atoms with Crippen LogP contribution in [0.3, 0.4) is 0 Å². The van der Waals surface area contributed by atoms with Crippen LogP contribution in [0.5, 0.6) is 0 Å². The topological polar surface area (TPSA) is 38.3 Å². The largest absolute Gasteiger partial charge is 0.449 e. The second kappa shape index (κ2) is 4.84. The molecule has 1 aromatic rings. The van der Waals surface area contributed by atoms with Gasteiger partial charge in [0.15, 0.2) is 0 Å². The van der Waals surface area contributed by atoms with Crippen LogP contribution in [0.15, 0.2) is 18.2 Å². The van der Waals surface area contributed by atoms with Crippen molar-refractivity contribution in [2.45, 2.75) is 26.1 Å². The molecule has 1 fully saturated rings. The molecule has 0 radical (unpaired) electrons. The molecule has 0 aliphatic carbocycles. The third-order valence-electron chi connectivity index (χ3n) is 3.25. The van der Waals surface area contributed by atoms with Gasteiger partial charge >= 0.3 is 12.3 Å². The van der Waals surface area contributed by atoms with Crippen molar-refractivity contribution in [1.29, 1.82) is 0 Å². The van der Waals surface area contributed by atoms with Crippen LogP contribution < -0.4 is 5.32 Å². The number of alkyl halides is 3. The van der Waals surface area contributed by atoms with Crippen molar-refractivity contribution < 1.29 is 22.7 Å². The molecule has 0 saturated carbocycles. The number of rotatable bonds is 1. The van der Waals surface area contributed by atoms with Crippen molar-refractivity contribution in [3.63, 3.8) is 0 Å². The van der Waals surface area contributed by atoms with E-state index in [-0.39, 0.29) is 17.2 Å². The lowest BCUT2D eigenvalue weighted by atomic mass is 9.79. The first-order valence-corrected chi connectivity index (χ1v) is 6.29. The maximum atomic E-state index is 13.1. The lowest BCUT2D eigenvalue weighted by Gasteiger charge is -2.39. The fraction of sp³-hybridized carbons (Fsp3) is 0.462. The highest BCUT2D eigenvalue weighted by molar-refractivity contribution is 6.30. The zero-order valence-electron chi connectivity index (χ0n) is 10.8. The number of cyclic esters (lactones) is 1. The average Bonchev–Trinajstić information content (AvgIpc) is 2.31. The number of hydrogen-bond acceptors (Lipinski definition) is 2. The maximum Gasteiger partial charge on any atom is 0.416 e. The Kier molecular flexibility index (Phi) is 3.62. The van der Waals surface area contributed by atoms with Gasteiger partial charge in [-0.15, -0.1) is 0 Å². The van der Waals surface area contributed by atoms with E-state index >= 15 is 0 Å². The van der Waals surface area contributed by atoms with E-state index in [0.717, 1.165) is 6.07 Å². The summed E-state index contributed by atoms with van der Waals surface area (Å²) in [7, 11) is 0. The molecule has 1 atom stereocenters. The number of amides is 1. The first-order chi connectivity index (χ1) is 9.11. The van der Waals surface area contributed by atoms with Gasteiger partial charge in [-0.2, -0.15) is 13.2 Å². The van der Waals surface area contributed by atoms with E-state index in [0.29, 0.717) is 0 Å². The van der Waals surface area contributed by atoms with E-state index < -0.39 is 29.3 Å². The van der Waals surface area contributed by atoms with E-state index in [2.05, 4.69) is 5.32 Å². The van der Waals surface area contributed by atoms with Gasteiger partial charge in [-0.05, 0) is 17.7 Å². The Balaban J connectivity index is 2.53. The third-order valence-corrected chi connectivity index (χ3v) is 3.49. The Bertz CT molecular complexity index is 543. The van der Waals surface area contributed by atoms with Crippen LogP contribution in [0.2, 0.25) is 5.02 Å². The summed E-state index contributed by atoms with van der Waals surface area (Å²) in [6, 6.07) is 2.75. The molecule has 1 aromatic carbocycles. The summed E-state index contributed by atoms with van der Waals surface area (Å²) >= 11 is 5.65. The van der Waals surface area contributed by atoms with E-state index in [1.165, 1.54) is 12.1 Å². The normalized spacial score (nSPS) is 22.1. The highest BCUT2D eigenvalue weighted by atomic mass is 35.5. The summed E-state index contributed by atoms with van der Waals surface area (Å²) in [5.74, 6) is 0. The molecule has 1 aliphatic rings. The molecule has 1 heterocycles. The Morgan fingerprint density at radius 2 is 2.05 bits per heavy atom. The standard InChI is InChI=1S/C13H13ClF3NO2/c1-12(2)6-20-11(19)18-10(12)8-4-3-7(14)5-9(8)13(15,16)17/h3-5,10H,6H2,1-2H3,(H,18,19)/t10-/m0/s1. The highest BCUT2D eigenvalue weighted by Crippen LogP contribution is 2.43. The summed E-state index contributed by atoms with van der Waals surface area (Å²) in [5.41, 5.74) is -1.52. The Hall–Kier alpha value is -1.43. The number of nitrogens with one attached hydrogen (secondary N) is 1. The molecule has 1 amide bonds. The van der Waals surface area contributed by atoms with E-state index in [4.69, 9.17) is 16.3 Å². The molecule has 1 N–H and O–H groups in total. The molecule has 1 saturated heterocycles. The molecule has 0 unspecified atom stereocenters. The average molecular weight is 308 g/mol. The molecule has 3 nitrogen and oxygen atoms in total. The lowest BCUT2D eigenvalue weighted by molar-refractivity contribution is -0.139. The second-order valence-electron chi connectivity index (χ2n) is 5.37. The number of alkyl carbamates (subject to hydrolysis) is 1. The number of halogens is 4. The summed E-state index contributed by atoms with van der Waals surface area (Å²) < 4.78 is 44.2. The minimum Gasteiger partial charge on any atom is -0.449 e. The van der Waals surface area contributed by atoms with Crippen LogP contribution in [0.4, 0.5) is 18.0 Å². The number of hydrogen-bond donors (Lipinski definition) is 1. The highest BCUT2D eigenvalue weighted by Gasteiger charge is 2.43. The smallest absolute Gasteiger partial charge is 0.416 e. The molecule has 0 aromatic heterocycles. The Morgan fingerprint density at radius 3 is 2.65 bits per heavy atom. The van der Waals surface area contributed by atoms with E-state index in [1.54, 1.807) is 13.8 Å². The molecule has 7 heteroatoms. The quantitative estimate of drug-likeness (QED) is 0.846. The monoisotopic (exact) mass is 307 g/mol. The molecule has 0 bridgehead atoms. The van der Waals surface area contributed by atoms with E-state index in [1.807, 2.05) is 0 Å². The number of carbonyl (C=O) groups excluding carboxylic acids is 1.